The van der Waals surface area contributed by atoms with Gasteiger partial charge in [0.2, 0.25) is 0 Å². The van der Waals surface area contributed by atoms with Gasteiger partial charge in [-0.25, -0.2) is 14.8 Å². The van der Waals surface area contributed by atoms with E-state index < -0.39 is 0 Å². The number of ether oxygens (including phenoxy) is 1. The second-order valence-electron chi connectivity index (χ2n) is 10.2. The topological polar surface area (TPSA) is 61.9 Å². The minimum atomic E-state index is -0.343. The predicted octanol–water partition coefficient (Wildman–Crippen LogP) is 7.35. The lowest BCUT2D eigenvalue weighted by Gasteiger charge is -2.14. The average Bonchev–Trinajstić information content (AvgIpc) is 3.50. The van der Waals surface area contributed by atoms with Gasteiger partial charge in [0, 0.05) is 25.6 Å². The van der Waals surface area contributed by atoms with Gasteiger partial charge < -0.3 is 13.9 Å². The minimum absolute atomic E-state index is 0.343. The Kier molecular flexibility index (Phi) is 6.68. The highest BCUT2D eigenvalue weighted by Crippen LogP contribution is 2.31. The normalized spacial score (nSPS) is 11.4. The highest BCUT2D eigenvalue weighted by atomic mass is 16.5. The molecule has 0 aliphatic carbocycles. The van der Waals surface area contributed by atoms with Gasteiger partial charge in [0.05, 0.1) is 34.7 Å². The summed E-state index contributed by atoms with van der Waals surface area (Å²) in [6, 6.07) is 28.6. The number of esters is 1. The number of aryl methyl sites for hydroxylation is 3. The lowest BCUT2D eigenvalue weighted by Crippen LogP contribution is -2.08. The first-order valence-electron chi connectivity index (χ1n) is 13.7. The van der Waals surface area contributed by atoms with Gasteiger partial charge in [0.25, 0.3) is 0 Å². The Balaban J connectivity index is 1.48. The lowest BCUT2D eigenvalue weighted by molar-refractivity contribution is 0.0601. The third-order valence-corrected chi connectivity index (χ3v) is 7.56. The van der Waals surface area contributed by atoms with Crippen LogP contribution in [0.25, 0.3) is 44.6 Å². The Morgan fingerprint density at radius 1 is 0.875 bits per heavy atom. The van der Waals surface area contributed by atoms with Crippen molar-refractivity contribution in [2.45, 2.75) is 33.2 Å². The average molecular weight is 529 g/mol. The fraction of sp³-hybridized carbons (Fsp3) is 0.206. The highest BCUT2D eigenvalue weighted by molar-refractivity contribution is 5.97. The van der Waals surface area contributed by atoms with E-state index in [0.29, 0.717) is 12.1 Å². The molecule has 6 nitrogen and oxygen atoms in total. The number of rotatable bonds is 7. The summed E-state index contributed by atoms with van der Waals surface area (Å²) in [6.45, 7) is 4.88. The van der Waals surface area contributed by atoms with E-state index in [2.05, 4.69) is 54.3 Å². The summed E-state index contributed by atoms with van der Waals surface area (Å²) in [4.78, 5) is 22.9. The highest BCUT2D eigenvalue weighted by Gasteiger charge is 2.19. The molecule has 0 bridgehead atoms. The van der Waals surface area contributed by atoms with E-state index >= 15 is 0 Å². The van der Waals surface area contributed by atoms with Crippen LogP contribution in [0.5, 0.6) is 0 Å². The molecule has 0 radical (unpaired) electrons. The summed E-state index contributed by atoms with van der Waals surface area (Å²) in [5, 5.41) is 0. The number of hydrogen-bond donors (Lipinski definition) is 0. The minimum Gasteiger partial charge on any atom is -0.465 e. The molecule has 0 unspecified atom stereocenters. The zero-order chi connectivity index (χ0) is 27.8. The van der Waals surface area contributed by atoms with Gasteiger partial charge in [-0.15, -0.1) is 0 Å². The van der Waals surface area contributed by atoms with Gasteiger partial charge in [-0.2, -0.15) is 0 Å². The van der Waals surface area contributed by atoms with Gasteiger partial charge in [-0.1, -0.05) is 61.5 Å². The van der Waals surface area contributed by atoms with E-state index in [9.17, 15) is 4.79 Å². The van der Waals surface area contributed by atoms with Crippen LogP contribution in [0.15, 0.2) is 84.9 Å². The number of nitrogens with zero attached hydrogens (tertiary/aromatic N) is 4. The molecule has 0 amide bonds. The SMILES string of the molecule is CCCc1nc2c(C)cc(-c3nc4ccccc4n3C)cc2n1Cc1ccc(-c2ccccc2)c(C(=O)OC)c1. The molecule has 0 atom stereocenters. The maximum absolute atomic E-state index is 12.8. The molecular formula is C34H32N4O2. The standard InChI is InChI=1S/C34H32N4O2/c1-5-11-31-36-32-22(2)18-25(33-35-28-14-9-10-15-29(28)37(33)3)20-30(32)38(31)21-23-16-17-26(24-12-7-6-8-13-24)27(19-23)34(39)40-4/h6-10,12-20H,5,11,21H2,1-4H3. The second kappa shape index (κ2) is 10.5. The smallest absolute Gasteiger partial charge is 0.338 e. The summed E-state index contributed by atoms with van der Waals surface area (Å²) < 4.78 is 9.61. The Labute approximate surface area is 233 Å². The fourth-order valence-electron chi connectivity index (χ4n) is 5.58. The molecule has 40 heavy (non-hydrogen) atoms. The summed E-state index contributed by atoms with van der Waals surface area (Å²) in [5.74, 6) is 1.62. The van der Waals surface area contributed by atoms with Crippen LogP contribution in [0.3, 0.4) is 0 Å². The number of imidazole rings is 2. The molecule has 0 N–H and O–H groups in total. The Morgan fingerprint density at radius 3 is 2.40 bits per heavy atom. The van der Waals surface area contributed by atoms with E-state index in [1.165, 1.54) is 7.11 Å². The number of benzene rings is 4. The molecule has 4 aromatic carbocycles. The molecule has 0 saturated heterocycles. The zero-order valence-electron chi connectivity index (χ0n) is 23.3. The van der Waals surface area contributed by atoms with Crippen molar-refractivity contribution in [2.75, 3.05) is 7.11 Å². The van der Waals surface area contributed by atoms with Crippen LogP contribution in [-0.4, -0.2) is 32.2 Å². The van der Waals surface area contributed by atoms with Crippen molar-refractivity contribution in [1.29, 1.82) is 0 Å². The van der Waals surface area contributed by atoms with Crippen molar-refractivity contribution in [2.24, 2.45) is 7.05 Å². The predicted molar refractivity (Wildman–Crippen MR) is 160 cm³/mol. The second-order valence-corrected chi connectivity index (χ2v) is 10.2. The number of carbonyl (C=O) groups excluding carboxylic acids is 1. The molecule has 2 heterocycles. The van der Waals surface area contributed by atoms with Gasteiger partial charge in [0.15, 0.2) is 0 Å². The van der Waals surface area contributed by atoms with Crippen molar-refractivity contribution in [3.8, 4) is 22.5 Å². The van der Waals surface area contributed by atoms with Crippen molar-refractivity contribution in [1.82, 2.24) is 19.1 Å². The molecule has 200 valence electrons. The molecule has 0 fully saturated rings. The fourth-order valence-corrected chi connectivity index (χ4v) is 5.58. The molecule has 2 aromatic heterocycles. The van der Waals surface area contributed by atoms with E-state index in [0.717, 1.165) is 74.4 Å². The molecule has 0 saturated carbocycles. The van der Waals surface area contributed by atoms with E-state index in [1.54, 1.807) is 0 Å². The first-order valence-corrected chi connectivity index (χ1v) is 13.7. The molecular weight excluding hydrogens is 496 g/mol. The third-order valence-electron chi connectivity index (χ3n) is 7.56. The summed E-state index contributed by atoms with van der Waals surface area (Å²) in [6.07, 6.45) is 1.85. The maximum atomic E-state index is 12.8. The number of hydrogen-bond acceptors (Lipinski definition) is 4. The number of fused-ring (bicyclic) bond motifs is 2. The third kappa shape index (κ3) is 4.45. The monoisotopic (exact) mass is 528 g/mol. The van der Waals surface area contributed by atoms with E-state index in [4.69, 9.17) is 14.7 Å². The Hall–Kier alpha value is -4.71. The van der Waals surface area contributed by atoms with Gasteiger partial charge >= 0.3 is 5.97 Å². The van der Waals surface area contributed by atoms with Crippen LogP contribution < -0.4 is 0 Å². The molecule has 6 aromatic rings. The summed E-state index contributed by atoms with van der Waals surface area (Å²) >= 11 is 0. The quantitative estimate of drug-likeness (QED) is 0.203. The number of para-hydroxylation sites is 2. The number of carbonyl (C=O) groups is 1. The van der Waals surface area contributed by atoms with Crippen molar-refractivity contribution < 1.29 is 9.53 Å². The largest absolute Gasteiger partial charge is 0.465 e. The van der Waals surface area contributed by atoms with Crippen LogP contribution in [0.1, 0.15) is 40.7 Å². The number of aromatic nitrogens is 4. The van der Waals surface area contributed by atoms with Gasteiger partial charge in [-0.05, 0) is 65.9 Å². The van der Waals surface area contributed by atoms with E-state index in [-0.39, 0.29) is 5.97 Å². The lowest BCUT2D eigenvalue weighted by atomic mass is 9.97. The molecule has 0 spiro atoms. The maximum Gasteiger partial charge on any atom is 0.338 e. The Bertz CT molecular complexity index is 1860. The number of methoxy groups -OCH3 is 1. The molecule has 0 aliphatic rings. The summed E-state index contributed by atoms with van der Waals surface area (Å²) in [5.41, 5.74) is 9.74. The zero-order valence-corrected chi connectivity index (χ0v) is 23.3. The molecule has 0 aliphatic heterocycles. The first kappa shape index (κ1) is 25.6. The van der Waals surface area contributed by atoms with Crippen LogP contribution >= 0.6 is 0 Å². The van der Waals surface area contributed by atoms with E-state index in [1.807, 2.05) is 60.7 Å². The van der Waals surface area contributed by atoms with Gasteiger partial charge in [0.1, 0.15) is 11.6 Å². The van der Waals surface area contributed by atoms with Crippen molar-refractivity contribution in [3.05, 3.63) is 107 Å². The van der Waals surface area contributed by atoms with Crippen LogP contribution in [0, 0.1) is 6.92 Å². The van der Waals surface area contributed by atoms with Gasteiger partial charge in [-0.3, -0.25) is 0 Å². The first-order chi connectivity index (χ1) is 19.5. The van der Waals surface area contributed by atoms with Crippen molar-refractivity contribution >= 4 is 28.0 Å². The molecule has 6 rings (SSSR count). The molecule has 6 heteroatoms. The van der Waals surface area contributed by atoms with Crippen LogP contribution in [0.4, 0.5) is 0 Å². The van der Waals surface area contributed by atoms with Crippen LogP contribution in [-0.2, 0) is 24.8 Å². The van der Waals surface area contributed by atoms with Crippen LogP contribution in [0.2, 0.25) is 0 Å². The van der Waals surface area contributed by atoms with Crippen molar-refractivity contribution in [3.63, 3.8) is 0 Å². The summed E-state index contributed by atoms with van der Waals surface area (Å²) in [7, 11) is 3.49. The Morgan fingerprint density at radius 2 is 1.65 bits per heavy atom.